The Morgan fingerprint density at radius 1 is 1.19 bits per heavy atom. The standard InChI is InChI=1S/C25H22ClF4N9O3/c1-33-12-35-39(23(29)30)18-8-15(6-7-17(18)26)19(11-42-25(32)41)38-21(40)20(36-24(38)31)14-4-2-13(3-5-14)16-9-34-37(10-16)22(27)28/h2-10,12,19-20,22-23H,1,11H2,(H2,31,36)(H2,32,41)/b35-12-/t19-,20-/m1/s1. The number of nitrogens with two attached hydrogens (primary N) is 2. The lowest BCUT2D eigenvalue weighted by molar-refractivity contribution is -0.129. The van der Waals surface area contributed by atoms with Crippen molar-refractivity contribution in [2.24, 2.45) is 26.6 Å². The maximum absolute atomic E-state index is 13.8. The van der Waals surface area contributed by atoms with Gasteiger partial charge in [-0.1, -0.05) is 41.9 Å². The maximum Gasteiger partial charge on any atom is 0.404 e. The Morgan fingerprint density at radius 3 is 2.50 bits per heavy atom. The average molecular weight is 608 g/mol. The van der Waals surface area contributed by atoms with Crippen molar-refractivity contribution in [2.75, 3.05) is 11.6 Å². The predicted octanol–water partition coefficient (Wildman–Crippen LogP) is 4.31. The number of ether oxygens (including phenoxy) is 1. The number of alkyl halides is 4. The van der Waals surface area contributed by atoms with E-state index in [0.717, 1.165) is 11.2 Å². The van der Waals surface area contributed by atoms with Gasteiger partial charge < -0.3 is 16.2 Å². The number of aromatic nitrogens is 2. The number of carbonyl (C=O) groups excluding carboxylic acids is 2. The Morgan fingerprint density at radius 2 is 1.90 bits per heavy atom. The zero-order valence-corrected chi connectivity index (χ0v) is 22.2. The first-order valence-corrected chi connectivity index (χ1v) is 12.3. The van der Waals surface area contributed by atoms with Crippen LogP contribution in [-0.4, -0.2) is 58.9 Å². The van der Waals surface area contributed by atoms with E-state index in [1.807, 2.05) is 0 Å². The molecule has 0 aliphatic carbocycles. The minimum atomic E-state index is -3.13. The molecule has 220 valence electrons. The van der Waals surface area contributed by atoms with E-state index in [9.17, 15) is 27.2 Å². The number of hydrazone groups is 1. The van der Waals surface area contributed by atoms with Gasteiger partial charge in [0.25, 0.3) is 5.91 Å². The lowest BCUT2D eigenvalue weighted by Gasteiger charge is -2.29. The van der Waals surface area contributed by atoms with Crippen molar-refractivity contribution in [3.8, 4) is 11.1 Å². The number of hydrogen-bond donors (Lipinski definition) is 2. The second kappa shape index (κ2) is 12.7. The number of aliphatic imine (C=N–C) groups is 2. The van der Waals surface area contributed by atoms with Gasteiger partial charge in [0.15, 0.2) is 12.0 Å². The molecule has 2 amide bonds. The maximum atomic E-state index is 13.8. The number of halogens is 5. The molecule has 3 aromatic rings. The van der Waals surface area contributed by atoms with Crippen molar-refractivity contribution in [3.05, 3.63) is 71.0 Å². The third-order valence-electron chi connectivity index (χ3n) is 6.08. The molecule has 4 rings (SSSR count). The summed E-state index contributed by atoms with van der Waals surface area (Å²) in [4.78, 5) is 33.7. The lowest BCUT2D eigenvalue weighted by atomic mass is 10.0. The zero-order chi connectivity index (χ0) is 30.6. The van der Waals surface area contributed by atoms with Crippen LogP contribution in [0.5, 0.6) is 0 Å². The molecule has 4 N–H and O–H groups in total. The fraction of sp³-hybridized carbons (Fsp3) is 0.200. The summed E-state index contributed by atoms with van der Waals surface area (Å²) in [6.07, 6.45) is 2.08. The van der Waals surface area contributed by atoms with Gasteiger partial charge >= 0.3 is 19.2 Å². The summed E-state index contributed by atoms with van der Waals surface area (Å²) in [6, 6.07) is 7.98. The van der Waals surface area contributed by atoms with Gasteiger partial charge in [-0.2, -0.15) is 27.8 Å². The molecule has 0 spiro atoms. The predicted molar refractivity (Wildman–Crippen MR) is 146 cm³/mol. The summed E-state index contributed by atoms with van der Waals surface area (Å²) in [5.41, 5.74) is 12.6. The second-order valence-electron chi connectivity index (χ2n) is 8.60. The highest BCUT2D eigenvalue weighted by molar-refractivity contribution is 6.33. The van der Waals surface area contributed by atoms with Crippen molar-refractivity contribution in [1.29, 1.82) is 0 Å². The molecule has 12 nitrogen and oxygen atoms in total. The Labute approximate surface area is 240 Å². The molecule has 0 unspecified atom stereocenters. The molecule has 1 aliphatic rings. The number of benzene rings is 2. The molecule has 1 aliphatic heterocycles. The Bertz CT molecular complexity index is 1530. The molecule has 0 saturated heterocycles. The highest BCUT2D eigenvalue weighted by Gasteiger charge is 2.40. The van der Waals surface area contributed by atoms with Gasteiger partial charge in [-0.25, -0.2) is 19.5 Å². The van der Waals surface area contributed by atoms with Gasteiger partial charge in [-0.15, -0.1) is 0 Å². The molecule has 0 bridgehead atoms. The third kappa shape index (κ3) is 6.33. The summed E-state index contributed by atoms with van der Waals surface area (Å²) >= 11 is 6.17. The molecule has 2 heterocycles. The van der Waals surface area contributed by atoms with Gasteiger partial charge in [0.1, 0.15) is 12.9 Å². The van der Waals surface area contributed by atoms with E-state index in [-0.39, 0.29) is 27.2 Å². The average Bonchev–Trinajstić information content (AvgIpc) is 3.56. The van der Waals surface area contributed by atoms with Crippen LogP contribution in [0.3, 0.4) is 0 Å². The summed E-state index contributed by atoms with van der Waals surface area (Å²) < 4.78 is 58.8. The van der Waals surface area contributed by atoms with Crippen LogP contribution in [0, 0.1) is 0 Å². The molecular weight excluding hydrogens is 586 g/mol. The molecule has 42 heavy (non-hydrogen) atoms. The largest absolute Gasteiger partial charge is 0.447 e. The van der Waals surface area contributed by atoms with Crippen LogP contribution in [0.4, 0.5) is 28.0 Å². The quantitative estimate of drug-likeness (QED) is 0.109. The van der Waals surface area contributed by atoms with Crippen LogP contribution in [0.2, 0.25) is 5.02 Å². The second-order valence-corrected chi connectivity index (χ2v) is 9.01. The smallest absolute Gasteiger partial charge is 0.404 e. The fourth-order valence-electron chi connectivity index (χ4n) is 4.18. The molecule has 2 atom stereocenters. The van der Waals surface area contributed by atoms with Crippen molar-refractivity contribution < 1.29 is 31.9 Å². The number of guanidine groups is 1. The van der Waals surface area contributed by atoms with Crippen LogP contribution in [0.15, 0.2) is 69.9 Å². The fourth-order valence-corrected chi connectivity index (χ4v) is 4.38. The Kier molecular flexibility index (Phi) is 9.05. The summed E-state index contributed by atoms with van der Waals surface area (Å²) in [5.74, 6) is -0.874. The first kappa shape index (κ1) is 30.0. The highest BCUT2D eigenvalue weighted by Crippen LogP contribution is 2.37. The molecule has 2 aromatic carbocycles. The summed E-state index contributed by atoms with van der Waals surface area (Å²) in [5, 5.41) is 7.31. The number of primary amides is 1. The van der Waals surface area contributed by atoms with Crippen molar-refractivity contribution in [3.63, 3.8) is 0 Å². The van der Waals surface area contributed by atoms with E-state index in [1.165, 1.54) is 30.6 Å². The number of rotatable bonds is 11. The molecule has 0 fully saturated rings. The van der Waals surface area contributed by atoms with Crippen LogP contribution in [0.1, 0.15) is 29.8 Å². The zero-order valence-electron chi connectivity index (χ0n) is 21.4. The first-order valence-electron chi connectivity index (χ1n) is 11.9. The van der Waals surface area contributed by atoms with Gasteiger partial charge in [0.2, 0.25) is 0 Å². The minimum absolute atomic E-state index is 0.110. The van der Waals surface area contributed by atoms with Crippen LogP contribution in [0.25, 0.3) is 11.1 Å². The van der Waals surface area contributed by atoms with Crippen LogP contribution < -0.4 is 16.5 Å². The molecule has 1 aromatic heterocycles. The number of amides is 2. The molecule has 0 saturated carbocycles. The van der Waals surface area contributed by atoms with Gasteiger partial charge in [-0.3, -0.25) is 14.7 Å². The van der Waals surface area contributed by atoms with Crippen LogP contribution >= 0.6 is 11.6 Å². The van der Waals surface area contributed by atoms with E-state index >= 15 is 0 Å². The van der Waals surface area contributed by atoms with Gasteiger partial charge in [0, 0.05) is 11.8 Å². The normalized spacial score (nSPS) is 15.9. The monoisotopic (exact) mass is 607 g/mol. The van der Waals surface area contributed by atoms with Gasteiger partial charge in [0.05, 0.1) is 22.9 Å². The van der Waals surface area contributed by atoms with Crippen LogP contribution in [-0.2, 0) is 9.53 Å². The van der Waals surface area contributed by atoms with Crippen molar-refractivity contribution >= 4 is 48.3 Å². The number of carbonyl (C=O) groups is 2. The minimum Gasteiger partial charge on any atom is -0.447 e. The van der Waals surface area contributed by atoms with E-state index in [2.05, 4.69) is 26.9 Å². The Hall–Kier alpha value is -4.99. The molecule has 17 heteroatoms. The third-order valence-corrected chi connectivity index (χ3v) is 6.40. The Balaban J connectivity index is 1.66. The molecule has 0 radical (unpaired) electrons. The van der Waals surface area contributed by atoms with E-state index in [0.29, 0.717) is 21.4 Å². The van der Waals surface area contributed by atoms with Crippen molar-refractivity contribution in [1.82, 2.24) is 14.7 Å². The number of nitrogens with zero attached hydrogens (tertiary/aromatic N) is 7. The lowest BCUT2D eigenvalue weighted by Crippen LogP contribution is -2.43. The van der Waals surface area contributed by atoms with E-state index in [4.69, 9.17) is 27.8 Å². The molecular formula is C25H22ClF4N9O3. The number of anilines is 1. The highest BCUT2D eigenvalue weighted by atomic mass is 35.5. The number of hydrogen-bond acceptors (Lipinski definition) is 8. The topological polar surface area (TPSA) is 157 Å². The SMILES string of the molecule is C=N/C=N\N(c1cc([C@@H](COC(N)=O)N2C(=O)[C@@H](c3ccc(-c4cnn(C(F)F)c4)cc3)N=C2N)ccc1Cl)C(F)F. The van der Waals surface area contributed by atoms with E-state index in [1.54, 1.807) is 24.3 Å². The van der Waals surface area contributed by atoms with E-state index < -0.39 is 43.8 Å². The summed E-state index contributed by atoms with van der Waals surface area (Å²) in [7, 11) is 0. The first-order chi connectivity index (χ1) is 20.0. The van der Waals surface area contributed by atoms with Gasteiger partial charge in [-0.05, 0) is 35.5 Å². The summed E-state index contributed by atoms with van der Waals surface area (Å²) in [6.45, 7) is -3.28. The van der Waals surface area contributed by atoms with Crippen molar-refractivity contribution in [2.45, 2.75) is 25.2 Å².